The predicted molar refractivity (Wildman–Crippen MR) is 91.6 cm³/mol. The molecule has 0 atom stereocenters. The van der Waals surface area contributed by atoms with Crippen molar-refractivity contribution in [2.45, 2.75) is 52.0 Å². The summed E-state index contributed by atoms with van der Waals surface area (Å²) in [7, 11) is 0. The second kappa shape index (κ2) is 7.44. The van der Waals surface area contributed by atoms with E-state index in [1.165, 1.54) is 29.7 Å². The van der Waals surface area contributed by atoms with Crippen LogP contribution in [-0.2, 0) is 25.8 Å². The molecule has 0 saturated carbocycles. The zero-order valence-electron chi connectivity index (χ0n) is 13.8. The first kappa shape index (κ1) is 15.8. The first-order valence-electron chi connectivity index (χ1n) is 8.68. The number of amides is 1. The Labute approximate surface area is 137 Å². The number of hydrogen-bond acceptors (Lipinski definition) is 2. The highest BCUT2D eigenvalue weighted by Crippen LogP contribution is 2.20. The lowest BCUT2D eigenvalue weighted by molar-refractivity contribution is 0.0952. The Morgan fingerprint density at radius 2 is 2.00 bits per heavy atom. The highest BCUT2D eigenvalue weighted by atomic mass is 16.1. The largest absolute Gasteiger partial charge is 0.350 e. The minimum Gasteiger partial charge on any atom is -0.350 e. The molecule has 122 valence electrons. The number of benzene rings is 1. The van der Waals surface area contributed by atoms with E-state index in [0.717, 1.165) is 37.8 Å². The molecule has 0 unspecified atom stereocenters. The summed E-state index contributed by atoms with van der Waals surface area (Å²) < 4.78 is 2.05. The first-order chi connectivity index (χ1) is 11.3. The number of aromatic nitrogens is 2. The van der Waals surface area contributed by atoms with Crippen LogP contribution in [0.1, 0.15) is 53.4 Å². The van der Waals surface area contributed by atoms with Crippen LogP contribution in [0.3, 0.4) is 0 Å². The topological polar surface area (TPSA) is 46.9 Å². The second-order valence-electron chi connectivity index (χ2n) is 6.25. The Kier molecular flexibility index (Phi) is 5.11. The number of fused-ring (bicyclic) bond motifs is 1. The quantitative estimate of drug-likeness (QED) is 0.891. The van der Waals surface area contributed by atoms with Crippen molar-refractivity contribution in [2.75, 3.05) is 6.54 Å². The molecule has 23 heavy (non-hydrogen) atoms. The van der Waals surface area contributed by atoms with Gasteiger partial charge in [-0.1, -0.05) is 25.5 Å². The molecule has 0 saturated heterocycles. The number of carbonyl (C=O) groups excluding carboxylic acids is 1. The number of hydrogen-bond donors (Lipinski definition) is 1. The maximum Gasteiger partial charge on any atom is 0.251 e. The van der Waals surface area contributed by atoms with Crippen LogP contribution in [0.25, 0.3) is 0 Å². The Hall–Kier alpha value is -2.10. The average Bonchev–Trinajstić information content (AvgIpc) is 2.99. The van der Waals surface area contributed by atoms with Gasteiger partial charge in [0, 0.05) is 17.8 Å². The molecule has 1 aromatic carbocycles. The van der Waals surface area contributed by atoms with Crippen LogP contribution < -0.4 is 5.32 Å². The van der Waals surface area contributed by atoms with Gasteiger partial charge in [0.2, 0.25) is 0 Å². The van der Waals surface area contributed by atoms with Crippen LogP contribution >= 0.6 is 0 Å². The van der Waals surface area contributed by atoms with Gasteiger partial charge < -0.3 is 5.32 Å². The summed E-state index contributed by atoms with van der Waals surface area (Å²) in [6, 6.07) is 7.91. The fraction of sp³-hybridized carbons (Fsp3) is 0.474. The zero-order valence-corrected chi connectivity index (χ0v) is 13.8. The van der Waals surface area contributed by atoms with Gasteiger partial charge in [-0.2, -0.15) is 5.10 Å². The van der Waals surface area contributed by atoms with Gasteiger partial charge >= 0.3 is 0 Å². The van der Waals surface area contributed by atoms with E-state index in [2.05, 4.69) is 22.0 Å². The van der Waals surface area contributed by atoms with Crippen LogP contribution in [0.5, 0.6) is 0 Å². The lowest BCUT2D eigenvalue weighted by atomic mass is 9.98. The molecule has 1 N–H and O–H groups in total. The van der Waals surface area contributed by atoms with Crippen LogP contribution in [-0.4, -0.2) is 22.2 Å². The van der Waals surface area contributed by atoms with Gasteiger partial charge in [-0.3, -0.25) is 9.48 Å². The normalized spacial score (nSPS) is 13.6. The minimum atomic E-state index is -0.00549. The van der Waals surface area contributed by atoms with Crippen molar-refractivity contribution >= 4 is 5.91 Å². The summed E-state index contributed by atoms with van der Waals surface area (Å²) in [4.78, 5) is 12.2. The van der Waals surface area contributed by atoms with Crippen LogP contribution in [0, 0.1) is 0 Å². The molecule has 3 rings (SSSR count). The van der Waals surface area contributed by atoms with E-state index in [9.17, 15) is 4.79 Å². The summed E-state index contributed by atoms with van der Waals surface area (Å²) >= 11 is 0. The molecule has 1 aliphatic carbocycles. The minimum absolute atomic E-state index is 0.00549. The van der Waals surface area contributed by atoms with Crippen molar-refractivity contribution in [2.24, 2.45) is 0 Å². The zero-order chi connectivity index (χ0) is 16.1. The molecular weight excluding hydrogens is 286 g/mol. The van der Waals surface area contributed by atoms with Crippen molar-refractivity contribution in [1.29, 1.82) is 0 Å². The molecule has 0 aliphatic heterocycles. The highest BCUT2D eigenvalue weighted by molar-refractivity contribution is 5.94. The molecule has 1 amide bonds. The Morgan fingerprint density at radius 3 is 2.78 bits per heavy atom. The van der Waals surface area contributed by atoms with Crippen molar-refractivity contribution < 1.29 is 4.79 Å². The third-order valence-electron chi connectivity index (χ3n) is 4.51. The van der Waals surface area contributed by atoms with E-state index >= 15 is 0 Å². The summed E-state index contributed by atoms with van der Waals surface area (Å²) in [6.07, 6.45) is 8.95. The third kappa shape index (κ3) is 3.81. The molecule has 2 aromatic rings. The summed E-state index contributed by atoms with van der Waals surface area (Å²) in [5.74, 6) is -0.00549. The van der Waals surface area contributed by atoms with Gasteiger partial charge in [-0.05, 0) is 55.4 Å². The van der Waals surface area contributed by atoms with Gasteiger partial charge in [-0.25, -0.2) is 0 Å². The molecule has 0 radical (unpaired) electrons. The standard InChI is InChI=1S/C19H25N3O/c1-2-5-15-8-10-16(11-9-15)19(23)20-12-13-22-18-7-4-3-6-17(18)14-21-22/h8-11,14H,2-7,12-13H2,1H3,(H,20,23). The predicted octanol–water partition coefficient (Wildman–Crippen LogP) is 3.14. The van der Waals surface area contributed by atoms with E-state index in [4.69, 9.17) is 0 Å². The molecule has 0 spiro atoms. The number of nitrogens with one attached hydrogen (secondary N) is 1. The van der Waals surface area contributed by atoms with E-state index in [0.29, 0.717) is 6.54 Å². The molecule has 1 heterocycles. The van der Waals surface area contributed by atoms with Crippen molar-refractivity contribution in [3.63, 3.8) is 0 Å². The summed E-state index contributed by atoms with van der Waals surface area (Å²) in [5.41, 5.74) is 4.75. The first-order valence-corrected chi connectivity index (χ1v) is 8.68. The number of nitrogens with zero attached hydrogens (tertiary/aromatic N) is 2. The lowest BCUT2D eigenvalue weighted by Crippen LogP contribution is -2.28. The van der Waals surface area contributed by atoms with Crippen LogP contribution in [0.15, 0.2) is 30.5 Å². The van der Waals surface area contributed by atoms with Gasteiger partial charge in [0.05, 0.1) is 12.7 Å². The third-order valence-corrected chi connectivity index (χ3v) is 4.51. The Morgan fingerprint density at radius 1 is 1.22 bits per heavy atom. The van der Waals surface area contributed by atoms with Crippen LogP contribution in [0.4, 0.5) is 0 Å². The molecule has 0 bridgehead atoms. The summed E-state index contributed by atoms with van der Waals surface area (Å²) in [6.45, 7) is 3.52. The van der Waals surface area contributed by atoms with Gasteiger partial charge in [0.15, 0.2) is 0 Å². The van der Waals surface area contributed by atoms with Crippen molar-refractivity contribution in [1.82, 2.24) is 15.1 Å². The maximum atomic E-state index is 12.2. The Balaban J connectivity index is 1.52. The Bertz CT molecular complexity index is 658. The molecule has 4 nitrogen and oxygen atoms in total. The SMILES string of the molecule is CCCc1ccc(C(=O)NCCn2ncc3c2CCCC3)cc1. The maximum absolute atomic E-state index is 12.2. The molecular formula is C19H25N3O. The number of rotatable bonds is 6. The molecule has 0 fully saturated rings. The smallest absolute Gasteiger partial charge is 0.251 e. The van der Waals surface area contributed by atoms with Crippen LogP contribution in [0.2, 0.25) is 0 Å². The molecule has 1 aliphatic rings. The second-order valence-corrected chi connectivity index (χ2v) is 6.25. The lowest BCUT2D eigenvalue weighted by Gasteiger charge is -2.14. The fourth-order valence-electron chi connectivity index (χ4n) is 3.24. The van der Waals surface area contributed by atoms with E-state index in [1.807, 2.05) is 30.5 Å². The van der Waals surface area contributed by atoms with E-state index < -0.39 is 0 Å². The number of carbonyl (C=O) groups is 1. The molecule has 1 aromatic heterocycles. The van der Waals surface area contributed by atoms with E-state index in [1.54, 1.807) is 0 Å². The van der Waals surface area contributed by atoms with E-state index in [-0.39, 0.29) is 5.91 Å². The van der Waals surface area contributed by atoms with Gasteiger partial charge in [0.25, 0.3) is 5.91 Å². The van der Waals surface area contributed by atoms with Crippen molar-refractivity contribution in [3.8, 4) is 0 Å². The summed E-state index contributed by atoms with van der Waals surface area (Å²) in [5, 5.41) is 7.46. The van der Waals surface area contributed by atoms with Gasteiger partial charge in [-0.15, -0.1) is 0 Å². The monoisotopic (exact) mass is 311 g/mol. The average molecular weight is 311 g/mol. The highest BCUT2D eigenvalue weighted by Gasteiger charge is 2.14. The van der Waals surface area contributed by atoms with Crippen molar-refractivity contribution in [3.05, 3.63) is 52.8 Å². The van der Waals surface area contributed by atoms with Gasteiger partial charge in [0.1, 0.15) is 0 Å². The fourth-order valence-corrected chi connectivity index (χ4v) is 3.24. The number of aryl methyl sites for hydroxylation is 2. The molecule has 4 heteroatoms.